The number of ether oxygens (including phenoxy) is 3. The topological polar surface area (TPSA) is 56.8 Å². The monoisotopic (exact) mass is 307 g/mol. The molecule has 1 aromatic carbocycles. The lowest BCUT2D eigenvalue weighted by atomic mass is 9.84. The fraction of sp³-hybridized carbons (Fsp3) is 0.588. The van der Waals surface area contributed by atoms with Gasteiger partial charge in [0, 0.05) is 13.0 Å². The first-order valence-corrected chi connectivity index (χ1v) is 7.75. The second-order valence-electron chi connectivity index (χ2n) is 5.61. The first kappa shape index (κ1) is 16.6. The smallest absolute Gasteiger partial charge is 0.223 e. The van der Waals surface area contributed by atoms with Gasteiger partial charge in [-0.1, -0.05) is 12.5 Å². The third-order valence-electron chi connectivity index (χ3n) is 4.07. The molecule has 2 rings (SSSR count). The molecule has 1 amide bonds. The molecule has 0 heterocycles. The first-order valence-electron chi connectivity index (χ1n) is 7.75. The summed E-state index contributed by atoms with van der Waals surface area (Å²) in [5.41, 5.74) is 1.00. The molecule has 122 valence electrons. The third kappa shape index (κ3) is 4.13. The number of nitrogens with one attached hydrogen (secondary N) is 1. The van der Waals surface area contributed by atoms with Crippen molar-refractivity contribution in [2.45, 2.75) is 32.2 Å². The van der Waals surface area contributed by atoms with Crippen molar-refractivity contribution >= 4 is 5.91 Å². The van der Waals surface area contributed by atoms with Crippen molar-refractivity contribution in [3.8, 4) is 11.5 Å². The summed E-state index contributed by atoms with van der Waals surface area (Å²) in [7, 11) is 3.25. The molecule has 1 saturated carbocycles. The molecule has 1 N–H and O–H groups in total. The van der Waals surface area contributed by atoms with Crippen molar-refractivity contribution < 1.29 is 19.0 Å². The molecule has 0 unspecified atom stereocenters. The molecule has 5 nitrogen and oxygen atoms in total. The highest BCUT2D eigenvalue weighted by atomic mass is 16.5. The Bertz CT molecular complexity index is 499. The van der Waals surface area contributed by atoms with E-state index in [0.717, 1.165) is 24.8 Å². The van der Waals surface area contributed by atoms with Crippen LogP contribution in [0.25, 0.3) is 0 Å². The number of methoxy groups -OCH3 is 2. The Kier molecular flexibility index (Phi) is 6.07. The highest BCUT2D eigenvalue weighted by Crippen LogP contribution is 2.31. The second kappa shape index (κ2) is 8.03. The Morgan fingerprint density at radius 1 is 1.27 bits per heavy atom. The molecule has 0 spiro atoms. The second-order valence-corrected chi connectivity index (χ2v) is 5.61. The van der Waals surface area contributed by atoms with Crippen LogP contribution in [-0.4, -0.2) is 33.3 Å². The van der Waals surface area contributed by atoms with Gasteiger partial charge in [-0.05, 0) is 37.5 Å². The van der Waals surface area contributed by atoms with Gasteiger partial charge < -0.3 is 19.5 Å². The molecule has 1 aromatic rings. The van der Waals surface area contributed by atoms with E-state index in [1.54, 1.807) is 14.2 Å². The number of hydrogen-bond acceptors (Lipinski definition) is 4. The fourth-order valence-corrected chi connectivity index (χ4v) is 2.39. The molecule has 1 atom stereocenters. The van der Waals surface area contributed by atoms with E-state index < -0.39 is 0 Å². The van der Waals surface area contributed by atoms with Gasteiger partial charge in [0.05, 0.1) is 19.8 Å². The summed E-state index contributed by atoms with van der Waals surface area (Å²) in [5, 5.41) is 3.07. The number of carbonyl (C=O) groups is 1. The van der Waals surface area contributed by atoms with E-state index in [4.69, 9.17) is 14.2 Å². The summed E-state index contributed by atoms with van der Waals surface area (Å²) in [6.07, 6.45) is 3.18. The zero-order valence-electron chi connectivity index (χ0n) is 13.6. The van der Waals surface area contributed by atoms with Crippen molar-refractivity contribution in [3.63, 3.8) is 0 Å². The molecule has 5 heteroatoms. The number of hydrogen-bond donors (Lipinski definition) is 1. The molecular weight excluding hydrogens is 282 g/mol. The lowest BCUT2D eigenvalue weighted by Gasteiger charge is -2.26. The van der Waals surface area contributed by atoms with Gasteiger partial charge in [-0.3, -0.25) is 4.79 Å². The van der Waals surface area contributed by atoms with Crippen LogP contribution >= 0.6 is 0 Å². The molecule has 0 aromatic heterocycles. The van der Waals surface area contributed by atoms with E-state index in [0.29, 0.717) is 24.7 Å². The standard InChI is InChI=1S/C17H25NO4/c1-12(18-17(19)13-5-4-6-13)14-7-8-15(16(11-14)21-3)22-10-9-20-2/h7-8,11-13H,4-6,9-10H2,1-3H3,(H,18,19)/t12-/m1/s1. The van der Waals surface area contributed by atoms with Gasteiger partial charge in [-0.15, -0.1) is 0 Å². The summed E-state index contributed by atoms with van der Waals surface area (Å²) >= 11 is 0. The van der Waals surface area contributed by atoms with Crippen LogP contribution in [0.5, 0.6) is 11.5 Å². The van der Waals surface area contributed by atoms with Gasteiger partial charge in [0.15, 0.2) is 11.5 Å². The van der Waals surface area contributed by atoms with E-state index in [9.17, 15) is 4.79 Å². The van der Waals surface area contributed by atoms with Crippen molar-refractivity contribution in [1.29, 1.82) is 0 Å². The van der Waals surface area contributed by atoms with Crippen LogP contribution in [0, 0.1) is 5.92 Å². The largest absolute Gasteiger partial charge is 0.493 e. The lowest BCUT2D eigenvalue weighted by Crippen LogP contribution is -2.35. The molecule has 1 aliphatic rings. The average molecular weight is 307 g/mol. The zero-order valence-corrected chi connectivity index (χ0v) is 13.6. The number of benzene rings is 1. The molecule has 1 fully saturated rings. The van der Waals surface area contributed by atoms with E-state index in [1.165, 1.54) is 0 Å². The van der Waals surface area contributed by atoms with Gasteiger partial charge in [0.1, 0.15) is 6.61 Å². The highest BCUT2D eigenvalue weighted by Gasteiger charge is 2.26. The van der Waals surface area contributed by atoms with Crippen LogP contribution in [0.4, 0.5) is 0 Å². The summed E-state index contributed by atoms with van der Waals surface area (Å²) in [6, 6.07) is 5.69. The van der Waals surface area contributed by atoms with Crippen LogP contribution in [0.1, 0.15) is 37.8 Å². The van der Waals surface area contributed by atoms with Crippen LogP contribution < -0.4 is 14.8 Å². The Morgan fingerprint density at radius 3 is 2.64 bits per heavy atom. The molecule has 22 heavy (non-hydrogen) atoms. The van der Waals surface area contributed by atoms with Crippen LogP contribution in [-0.2, 0) is 9.53 Å². The summed E-state index contributed by atoms with van der Waals surface area (Å²) in [4.78, 5) is 12.0. The Morgan fingerprint density at radius 2 is 2.05 bits per heavy atom. The van der Waals surface area contributed by atoms with Crippen molar-refractivity contribution in [2.24, 2.45) is 5.92 Å². The van der Waals surface area contributed by atoms with Crippen LogP contribution in [0.2, 0.25) is 0 Å². The maximum Gasteiger partial charge on any atom is 0.223 e. The minimum Gasteiger partial charge on any atom is -0.493 e. The van der Waals surface area contributed by atoms with Crippen molar-refractivity contribution in [2.75, 3.05) is 27.4 Å². The van der Waals surface area contributed by atoms with E-state index in [-0.39, 0.29) is 17.9 Å². The van der Waals surface area contributed by atoms with Gasteiger partial charge in [-0.2, -0.15) is 0 Å². The number of rotatable bonds is 8. The maximum atomic E-state index is 12.0. The van der Waals surface area contributed by atoms with Crippen molar-refractivity contribution in [1.82, 2.24) is 5.32 Å². The molecule has 1 aliphatic carbocycles. The van der Waals surface area contributed by atoms with E-state index in [1.807, 2.05) is 25.1 Å². The Labute approximate surface area is 131 Å². The summed E-state index contributed by atoms with van der Waals surface area (Å²) in [5.74, 6) is 1.69. The third-order valence-corrected chi connectivity index (χ3v) is 4.07. The molecular formula is C17H25NO4. The van der Waals surface area contributed by atoms with Crippen LogP contribution in [0.3, 0.4) is 0 Å². The zero-order chi connectivity index (χ0) is 15.9. The SMILES string of the molecule is COCCOc1ccc([C@@H](C)NC(=O)C2CCC2)cc1OC. The first-order chi connectivity index (χ1) is 10.7. The lowest BCUT2D eigenvalue weighted by molar-refractivity contribution is -0.128. The number of amides is 1. The maximum absolute atomic E-state index is 12.0. The Hall–Kier alpha value is -1.75. The minimum atomic E-state index is -0.0463. The van der Waals surface area contributed by atoms with Crippen LogP contribution in [0.15, 0.2) is 18.2 Å². The summed E-state index contributed by atoms with van der Waals surface area (Å²) in [6.45, 7) is 2.98. The van der Waals surface area contributed by atoms with Gasteiger partial charge in [-0.25, -0.2) is 0 Å². The molecule has 0 saturated heterocycles. The molecule has 0 aliphatic heterocycles. The highest BCUT2D eigenvalue weighted by molar-refractivity contribution is 5.79. The minimum absolute atomic E-state index is 0.0463. The average Bonchev–Trinajstić information content (AvgIpc) is 2.45. The predicted molar refractivity (Wildman–Crippen MR) is 84.3 cm³/mol. The Balaban J connectivity index is 1.99. The predicted octanol–water partition coefficient (Wildman–Crippen LogP) is 2.70. The summed E-state index contributed by atoms with van der Waals surface area (Å²) < 4.78 is 16.0. The number of carbonyl (C=O) groups excluding carboxylic acids is 1. The quantitative estimate of drug-likeness (QED) is 0.750. The van der Waals surface area contributed by atoms with E-state index in [2.05, 4.69) is 5.32 Å². The van der Waals surface area contributed by atoms with Gasteiger partial charge in [0.2, 0.25) is 5.91 Å². The van der Waals surface area contributed by atoms with E-state index >= 15 is 0 Å². The van der Waals surface area contributed by atoms with Gasteiger partial charge >= 0.3 is 0 Å². The normalized spacial score (nSPS) is 15.8. The molecule has 0 bridgehead atoms. The van der Waals surface area contributed by atoms with Gasteiger partial charge in [0.25, 0.3) is 0 Å². The molecule has 0 radical (unpaired) electrons. The van der Waals surface area contributed by atoms with Crippen molar-refractivity contribution in [3.05, 3.63) is 23.8 Å². The fourth-order valence-electron chi connectivity index (χ4n) is 2.39.